The number of carbonyl (C=O) groups is 2. The van der Waals surface area contributed by atoms with Crippen LogP contribution < -0.4 is 11.1 Å². The van der Waals surface area contributed by atoms with E-state index in [1.165, 1.54) is 0 Å². The van der Waals surface area contributed by atoms with Crippen molar-refractivity contribution in [3.05, 3.63) is 0 Å². The maximum Gasteiger partial charge on any atom is 0.446 e. The third-order valence-electron chi connectivity index (χ3n) is 5.02. The third kappa shape index (κ3) is 18.2. The van der Waals surface area contributed by atoms with Gasteiger partial charge in [0.25, 0.3) is 0 Å². The molecule has 0 aromatic heterocycles. The van der Waals surface area contributed by atoms with E-state index in [1.54, 1.807) is 0 Å². The molecule has 2 fully saturated rings. The van der Waals surface area contributed by atoms with Gasteiger partial charge in [-0.3, -0.25) is 4.79 Å². The quantitative estimate of drug-likeness (QED) is 0.424. The number of aliphatic hydroxyl groups is 2. The largest absolute Gasteiger partial charge is 0.446 e. The Morgan fingerprint density at radius 2 is 1.34 bits per heavy atom. The molecule has 2 rings (SSSR count). The van der Waals surface area contributed by atoms with Crippen LogP contribution in [0.3, 0.4) is 0 Å². The molecule has 0 aliphatic heterocycles. The monoisotopic (exact) mass is 472 g/mol. The molecule has 2 aliphatic carbocycles. The second kappa shape index (κ2) is 13.3. The molecular weight excluding hydrogens is 429 g/mol. The van der Waals surface area contributed by atoms with E-state index in [0.29, 0.717) is 6.04 Å². The molecule has 32 heavy (non-hydrogen) atoms. The fourth-order valence-electron chi connectivity index (χ4n) is 3.12. The number of ether oxygens (including phenoxy) is 1. The van der Waals surface area contributed by atoms with E-state index in [4.69, 9.17) is 15.3 Å². The van der Waals surface area contributed by atoms with Crippen LogP contribution in [0.1, 0.15) is 93.4 Å². The summed E-state index contributed by atoms with van der Waals surface area (Å²) in [5.74, 6) is 0. The molecule has 1 amide bonds. The topological polar surface area (TPSA) is 122 Å². The molecule has 0 unspecified atom stereocenters. The number of hydrogen-bond acceptors (Lipinski definition) is 6. The summed E-state index contributed by atoms with van der Waals surface area (Å²) in [5, 5.41) is 22.0. The minimum atomic E-state index is -4.64. The van der Waals surface area contributed by atoms with Crippen LogP contribution in [0.25, 0.3) is 0 Å². The highest BCUT2D eigenvalue weighted by Crippen LogP contribution is 2.28. The maximum atomic E-state index is 11.5. The van der Waals surface area contributed by atoms with Crippen LogP contribution in [0.4, 0.5) is 18.0 Å². The molecule has 0 bridgehead atoms. The number of rotatable bonds is 1. The molecule has 2 aliphatic rings. The number of halogens is 3. The van der Waals surface area contributed by atoms with Crippen molar-refractivity contribution in [2.75, 3.05) is 0 Å². The van der Waals surface area contributed by atoms with Crippen LogP contribution in [0.5, 0.6) is 0 Å². The molecule has 0 aromatic rings. The minimum Gasteiger partial charge on any atom is -0.444 e. The van der Waals surface area contributed by atoms with Gasteiger partial charge in [-0.15, -0.1) is 0 Å². The molecule has 0 saturated heterocycles. The van der Waals surface area contributed by atoms with Crippen LogP contribution in [-0.4, -0.2) is 57.7 Å². The zero-order chi connectivity index (χ0) is 24.5. The van der Waals surface area contributed by atoms with E-state index in [0.717, 1.165) is 51.4 Å². The summed E-state index contributed by atoms with van der Waals surface area (Å²) in [6.07, 6.45) is 0.716. The summed E-state index contributed by atoms with van der Waals surface area (Å²) in [6.45, 7) is 9.27. The summed E-state index contributed by atoms with van der Waals surface area (Å²) in [5.41, 5.74) is 4.21. The predicted molar refractivity (Wildman–Crippen MR) is 118 cm³/mol. The molecule has 2 saturated carbocycles. The molecule has 7 nitrogen and oxygen atoms in total. The lowest BCUT2D eigenvalue weighted by Crippen LogP contribution is -2.44. The normalized spacial score (nSPS) is 30.2. The summed E-state index contributed by atoms with van der Waals surface area (Å²) in [6, 6.07) is 0.472. The second-order valence-electron chi connectivity index (χ2n) is 9.91. The van der Waals surface area contributed by atoms with E-state index in [1.807, 2.05) is 34.6 Å². The predicted octanol–water partition coefficient (Wildman–Crippen LogP) is 4.23. The molecule has 10 heteroatoms. The Kier molecular flexibility index (Phi) is 13.7. The fourth-order valence-corrected chi connectivity index (χ4v) is 3.12. The molecule has 5 N–H and O–H groups in total. The number of nitrogens with two attached hydrogens (primary N) is 1. The number of nitrogens with one attached hydrogen (secondary N) is 1. The summed E-state index contributed by atoms with van der Waals surface area (Å²) >= 11 is 0. The highest BCUT2D eigenvalue weighted by Gasteiger charge is 2.30. The van der Waals surface area contributed by atoms with E-state index < -0.39 is 29.3 Å². The molecule has 192 valence electrons. The van der Waals surface area contributed by atoms with Crippen molar-refractivity contribution in [1.29, 1.82) is 0 Å². The number of alkyl halides is 3. The Morgan fingerprint density at radius 3 is 1.62 bits per heavy atom. The first-order valence-corrected chi connectivity index (χ1v) is 10.6. The minimum absolute atomic E-state index is 0. The lowest BCUT2D eigenvalue weighted by atomic mass is 9.84. The Balaban J connectivity index is 0. The molecular formula is C22H43F3N2O5. The van der Waals surface area contributed by atoms with Crippen molar-refractivity contribution in [3.63, 3.8) is 0 Å². The van der Waals surface area contributed by atoms with Gasteiger partial charge in [-0.25, -0.2) is 4.79 Å². The lowest BCUT2D eigenvalue weighted by Gasteiger charge is -2.33. The Hall–Kier alpha value is -1.39. The molecule has 0 aromatic carbocycles. The van der Waals surface area contributed by atoms with Gasteiger partial charge in [0, 0.05) is 12.1 Å². The molecule has 0 atom stereocenters. The van der Waals surface area contributed by atoms with Crippen molar-refractivity contribution in [3.8, 4) is 0 Å². The molecule has 0 radical (unpaired) electrons. The first-order chi connectivity index (χ1) is 13.8. The summed E-state index contributed by atoms with van der Waals surface area (Å²) in [7, 11) is 0. The van der Waals surface area contributed by atoms with Gasteiger partial charge in [0.1, 0.15) is 5.60 Å². The standard InChI is InChI=1S/C12H23NO3.C7H15NO.C2HF3O.CH4/c1-11(2,3)16-10(14)13-9-5-7-12(4,15)8-6-9;1-7(9)4-2-6(8)3-5-7;3-2(4,5)1-6;/h9,15H,5-8H2,1-4H3,(H,13,14);6,9H,2-5,8H2,1H3;1H;1H4. The van der Waals surface area contributed by atoms with Crippen molar-refractivity contribution in [2.45, 2.75) is 128 Å². The summed E-state index contributed by atoms with van der Waals surface area (Å²) in [4.78, 5) is 20.2. The Morgan fingerprint density at radius 1 is 1.00 bits per heavy atom. The molecule has 0 heterocycles. The maximum absolute atomic E-state index is 11.5. The number of alkyl carbamates (subject to hydrolysis) is 1. The van der Waals surface area contributed by atoms with Crippen LogP contribution >= 0.6 is 0 Å². The first kappa shape index (κ1) is 32.8. The number of carbonyl (C=O) groups excluding carboxylic acids is 2. The smallest absolute Gasteiger partial charge is 0.444 e. The van der Waals surface area contributed by atoms with Gasteiger partial charge < -0.3 is 26.0 Å². The average molecular weight is 473 g/mol. The van der Waals surface area contributed by atoms with Crippen molar-refractivity contribution < 1.29 is 37.7 Å². The molecule has 0 spiro atoms. The van der Waals surface area contributed by atoms with Crippen molar-refractivity contribution in [1.82, 2.24) is 5.32 Å². The van der Waals surface area contributed by atoms with Gasteiger partial charge in [0.15, 0.2) is 0 Å². The average Bonchev–Trinajstić information content (AvgIpc) is 2.58. The van der Waals surface area contributed by atoms with Gasteiger partial charge in [-0.05, 0) is 86.0 Å². The van der Waals surface area contributed by atoms with Crippen LogP contribution in [-0.2, 0) is 9.53 Å². The van der Waals surface area contributed by atoms with Crippen molar-refractivity contribution >= 4 is 12.4 Å². The van der Waals surface area contributed by atoms with Crippen LogP contribution in [0.2, 0.25) is 0 Å². The van der Waals surface area contributed by atoms with E-state index in [-0.39, 0.29) is 19.6 Å². The lowest BCUT2D eigenvalue weighted by molar-refractivity contribution is -0.156. The first-order valence-electron chi connectivity index (χ1n) is 10.6. The van der Waals surface area contributed by atoms with E-state index in [2.05, 4.69) is 5.32 Å². The highest BCUT2D eigenvalue weighted by molar-refractivity contribution is 5.68. The van der Waals surface area contributed by atoms with Gasteiger partial charge in [-0.2, -0.15) is 13.2 Å². The zero-order valence-electron chi connectivity index (χ0n) is 19.2. The number of aldehydes is 1. The van der Waals surface area contributed by atoms with Gasteiger partial charge in [0.05, 0.1) is 11.2 Å². The van der Waals surface area contributed by atoms with Gasteiger partial charge >= 0.3 is 12.3 Å². The van der Waals surface area contributed by atoms with Gasteiger partial charge in [-0.1, -0.05) is 7.43 Å². The van der Waals surface area contributed by atoms with E-state index in [9.17, 15) is 28.2 Å². The Labute approximate surface area is 190 Å². The Bertz CT molecular complexity index is 541. The number of hydrogen-bond donors (Lipinski definition) is 4. The zero-order valence-corrected chi connectivity index (χ0v) is 19.2. The third-order valence-corrected chi connectivity index (χ3v) is 5.02. The van der Waals surface area contributed by atoms with Crippen LogP contribution in [0, 0.1) is 0 Å². The second-order valence-corrected chi connectivity index (χ2v) is 9.91. The fraction of sp³-hybridized carbons (Fsp3) is 0.909. The summed E-state index contributed by atoms with van der Waals surface area (Å²) < 4.78 is 36.4. The van der Waals surface area contributed by atoms with E-state index >= 15 is 0 Å². The van der Waals surface area contributed by atoms with Gasteiger partial charge in [0.2, 0.25) is 6.29 Å². The van der Waals surface area contributed by atoms with Crippen LogP contribution in [0.15, 0.2) is 0 Å². The SMILES string of the molecule is C.CC1(O)CCC(N)CC1.CC1(O)CCC(NC(=O)OC(C)(C)C)CC1.O=CC(F)(F)F. The highest BCUT2D eigenvalue weighted by atomic mass is 19.4. The number of amides is 1. The van der Waals surface area contributed by atoms with Crippen molar-refractivity contribution in [2.24, 2.45) is 5.73 Å².